The molecule has 0 bridgehead atoms. The second kappa shape index (κ2) is 8.52. The van der Waals surface area contributed by atoms with Gasteiger partial charge in [-0.2, -0.15) is 0 Å². The molecule has 1 amide bonds. The van der Waals surface area contributed by atoms with Crippen molar-refractivity contribution in [2.45, 2.75) is 12.8 Å². The normalized spacial score (nSPS) is 17.1. The quantitative estimate of drug-likeness (QED) is 0.612. The summed E-state index contributed by atoms with van der Waals surface area (Å²) in [6.45, 7) is 0. The SMILES string of the molecule is CNc1ncc(C#Cc2ccc(OC)cn2)c2cc(NC(=O)C3CC3C(F)F)ncc12. The van der Waals surface area contributed by atoms with Gasteiger partial charge < -0.3 is 15.4 Å². The monoisotopic (exact) mass is 423 g/mol. The molecule has 3 heterocycles. The van der Waals surface area contributed by atoms with E-state index in [0.717, 1.165) is 0 Å². The molecule has 2 N–H and O–H groups in total. The highest BCUT2D eigenvalue weighted by Gasteiger charge is 2.48. The Bertz CT molecular complexity index is 1190. The molecule has 0 saturated heterocycles. The number of rotatable bonds is 5. The molecule has 3 aromatic rings. The van der Waals surface area contributed by atoms with Crippen LogP contribution in [0.2, 0.25) is 0 Å². The van der Waals surface area contributed by atoms with Crippen LogP contribution in [0.4, 0.5) is 20.4 Å². The summed E-state index contributed by atoms with van der Waals surface area (Å²) in [7, 11) is 3.30. The van der Waals surface area contributed by atoms with Crippen LogP contribution in [0.5, 0.6) is 5.75 Å². The number of nitrogens with zero attached hydrogens (tertiary/aromatic N) is 3. The summed E-state index contributed by atoms with van der Waals surface area (Å²) < 4.78 is 30.6. The molecule has 158 valence electrons. The number of amides is 1. The largest absolute Gasteiger partial charge is 0.495 e. The van der Waals surface area contributed by atoms with Crippen LogP contribution in [-0.2, 0) is 4.79 Å². The van der Waals surface area contributed by atoms with Crippen molar-refractivity contribution < 1.29 is 18.3 Å². The number of aromatic nitrogens is 3. The summed E-state index contributed by atoms with van der Waals surface area (Å²) in [4.78, 5) is 25.1. The fraction of sp³-hybridized carbons (Fsp3) is 0.273. The molecule has 0 radical (unpaired) electrons. The lowest BCUT2D eigenvalue weighted by atomic mass is 10.1. The molecular weight excluding hydrogens is 404 g/mol. The average Bonchev–Trinajstić information content (AvgIpc) is 3.59. The van der Waals surface area contributed by atoms with Gasteiger partial charge in [-0.05, 0) is 30.5 Å². The summed E-state index contributed by atoms with van der Waals surface area (Å²) >= 11 is 0. The van der Waals surface area contributed by atoms with Crippen LogP contribution in [0.25, 0.3) is 10.8 Å². The lowest BCUT2D eigenvalue weighted by Crippen LogP contribution is -2.17. The minimum absolute atomic E-state index is 0.191. The number of pyridine rings is 3. The van der Waals surface area contributed by atoms with Gasteiger partial charge in [0, 0.05) is 42.0 Å². The third kappa shape index (κ3) is 4.38. The lowest BCUT2D eigenvalue weighted by molar-refractivity contribution is -0.118. The Kier molecular flexibility index (Phi) is 5.62. The van der Waals surface area contributed by atoms with Gasteiger partial charge >= 0.3 is 0 Å². The van der Waals surface area contributed by atoms with Gasteiger partial charge in [-0.25, -0.2) is 23.7 Å². The highest BCUT2D eigenvalue weighted by atomic mass is 19.3. The zero-order chi connectivity index (χ0) is 22.0. The number of anilines is 2. The van der Waals surface area contributed by atoms with Crippen molar-refractivity contribution in [3.63, 3.8) is 0 Å². The number of methoxy groups -OCH3 is 1. The van der Waals surface area contributed by atoms with Crippen LogP contribution in [0.15, 0.2) is 36.8 Å². The third-order valence-corrected chi connectivity index (χ3v) is 5.06. The topological polar surface area (TPSA) is 89.0 Å². The Balaban J connectivity index is 1.65. The van der Waals surface area contributed by atoms with Gasteiger partial charge in [-0.15, -0.1) is 0 Å². The van der Waals surface area contributed by atoms with Gasteiger partial charge in [0.1, 0.15) is 23.1 Å². The zero-order valence-corrected chi connectivity index (χ0v) is 16.8. The van der Waals surface area contributed by atoms with E-state index in [9.17, 15) is 13.6 Å². The predicted octanol–water partition coefficient (Wildman–Crippen LogP) is 3.31. The number of hydrogen-bond acceptors (Lipinski definition) is 6. The van der Waals surface area contributed by atoms with Crippen molar-refractivity contribution in [3.8, 4) is 17.6 Å². The number of nitrogens with one attached hydrogen (secondary N) is 2. The fourth-order valence-corrected chi connectivity index (χ4v) is 3.22. The van der Waals surface area contributed by atoms with E-state index in [4.69, 9.17) is 4.74 Å². The number of fused-ring (bicyclic) bond motifs is 1. The molecular formula is C22H19F2N5O2. The van der Waals surface area contributed by atoms with Crippen LogP contribution in [0.3, 0.4) is 0 Å². The maximum absolute atomic E-state index is 12.7. The molecule has 31 heavy (non-hydrogen) atoms. The Morgan fingerprint density at radius 2 is 2.00 bits per heavy atom. The Hall–Kier alpha value is -3.80. The molecule has 1 aliphatic rings. The van der Waals surface area contributed by atoms with Gasteiger partial charge in [0.2, 0.25) is 12.3 Å². The molecule has 0 aliphatic heterocycles. The number of hydrogen-bond donors (Lipinski definition) is 2. The van der Waals surface area contributed by atoms with Crippen molar-refractivity contribution in [1.82, 2.24) is 15.0 Å². The van der Waals surface area contributed by atoms with E-state index in [1.165, 1.54) is 0 Å². The second-order valence-electron chi connectivity index (χ2n) is 7.05. The van der Waals surface area contributed by atoms with Gasteiger partial charge in [0.25, 0.3) is 0 Å². The number of carbonyl (C=O) groups is 1. The second-order valence-corrected chi connectivity index (χ2v) is 7.05. The molecule has 9 heteroatoms. The van der Waals surface area contributed by atoms with E-state index in [-0.39, 0.29) is 12.2 Å². The van der Waals surface area contributed by atoms with Gasteiger partial charge in [-0.3, -0.25) is 4.79 Å². The van der Waals surface area contributed by atoms with Crippen molar-refractivity contribution in [2.24, 2.45) is 11.8 Å². The summed E-state index contributed by atoms with van der Waals surface area (Å²) in [5.41, 5.74) is 1.17. The lowest BCUT2D eigenvalue weighted by Gasteiger charge is -2.09. The fourth-order valence-electron chi connectivity index (χ4n) is 3.22. The molecule has 0 spiro atoms. The predicted molar refractivity (Wildman–Crippen MR) is 112 cm³/mol. The number of ether oxygens (including phenoxy) is 1. The molecule has 2 atom stereocenters. The smallest absolute Gasteiger partial charge is 0.242 e. The van der Waals surface area contributed by atoms with Crippen molar-refractivity contribution in [3.05, 3.63) is 48.0 Å². The summed E-state index contributed by atoms with van der Waals surface area (Å²) in [6, 6.07) is 5.17. The van der Waals surface area contributed by atoms with Crippen LogP contribution < -0.4 is 15.4 Å². The van der Waals surface area contributed by atoms with Crippen LogP contribution in [0, 0.1) is 23.7 Å². The van der Waals surface area contributed by atoms with Gasteiger partial charge in [-0.1, -0.05) is 5.92 Å². The first-order chi connectivity index (χ1) is 15.0. The Labute approximate surface area is 177 Å². The number of carbonyl (C=O) groups excluding carboxylic acids is 1. The van der Waals surface area contributed by atoms with E-state index in [2.05, 4.69) is 37.4 Å². The number of halogens is 2. The van der Waals surface area contributed by atoms with E-state index in [1.54, 1.807) is 50.9 Å². The zero-order valence-electron chi connectivity index (χ0n) is 16.8. The minimum Gasteiger partial charge on any atom is -0.495 e. The summed E-state index contributed by atoms with van der Waals surface area (Å²) in [6.07, 6.45) is 2.46. The maximum atomic E-state index is 12.7. The van der Waals surface area contributed by atoms with Gasteiger partial charge in [0.05, 0.1) is 18.9 Å². The highest BCUT2D eigenvalue weighted by Crippen LogP contribution is 2.43. The van der Waals surface area contributed by atoms with Gasteiger partial charge in [0.15, 0.2) is 0 Å². The van der Waals surface area contributed by atoms with Crippen molar-refractivity contribution in [2.75, 3.05) is 24.8 Å². The van der Waals surface area contributed by atoms with E-state index in [1.807, 2.05) is 0 Å². The van der Waals surface area contributed by atoms with Crippen molar-refractivity contribution in [1.29, 1.82) is 0 Å². The molecule has 2 unspecified atom stereocenters. The summed E-state index contributed by atoms with van der Waals surface area (Å²) in [5, 5.41) is 7.06. The highest BCUT2D eigenvalue weighted by molar-refractivity contribution is 5.99. The van der Waals surface area contributed by atoms with Crippen LogP contribution in [-0.4, -0.2) is 41.4 Å². The molecule has 1 fully saturated rings. The molecule has 0 aromatic carbocycles. The molecule has 4 rings (SSSR count). The molecule has 1 saturated carbocycles. The minimum atomic E-state index is -2.49. The Morgan fingerprint density at radius 3 is 2.65 bits per heavy atom. The standard InChI is InChI=1S/C22H19F2N5O2/c1-25-21-18-11-27-19(29-22(30)17-7-16(17)20(23)24)8-15(18)12(9-28-21)3-4-13-5-6-14(31-2)10-26-13/h5-6,8-11,16-17,20H,7H2,1-2H3,(H,25,28)(H,27,29,30). The first-order valence-electron chi connectivity index (χ1n) is 9.57. The Morgan fingerprint density at radius 1 is 1.16 bits per heavy atom. The van der Waals surface area contributed by atoms with E-state index >= 15 is 0 Å². The molecule has 7 nitrogen and oxygen atoms in total. The molecule has 3 aromatic heterocycles. The summed E-state index contributed by atoms with van der Waals surface area (Å²) in [5.74, 6) is 5.54. The first-order valence-corrected chi connectivity index (χ1v) is 9.57. The van der Waals surface area contributed by atoms with E-state index in [0.29, 0.717) is 33.6 Å². The first kappa shape index (κ1) is 20.5. The molecule has 1 aliphatic carbocycles. The van der Waals surface area contributed by atoms with Crippen LogP contribution >= 0.6 is 0 Å². The third-order valence-electron chi connectivity index (χ3n) is 5.06. The van der Waals surface area contributed by atoms with Crippen LogP contribution in [0.1, 0.15) is 17.7 Å². The van der Waals surface area contributed by atoms with E-state index < -0.39 is 24.2 Å². The average molecular weight is 423 g/mol. The maximum Gasteiger partial charge on any atom is 0.242 e. The number of alkyl halides is 2. The van der Waals surface area contributed by atoms with Crippen molar-refractivity contribution >= 4 is 28.3 Å².